The molecule has 12 heavy (non-hydrogen) atoms. The van der Waals surface area contributed by atoms with Gasteiger partial charge in [-0.05, 0) is 12.1 Å². The fraction of sp³-hybridized carbons (Fsp3) is 0. The number of pyridine rings is 1. The minimum absolute atomic E-state index is 0.182. The number of hydrogen-bond acceptors (Lipinski definition) is 3. The second-order valence-corrected chi connectivity index (χ2v) is 2.26. The molecule has 0 fully saturated rings. The third-order valence-corrected chi connectivity index (χ3v) is 1.33. The molecule has 0 saturated heterocycles. The molecule has 0 saturated carbocycles. The van der Waals surface area contributed by atoms with Crippen molar-refractivity contribution in [2.45, 2.75) is 0 Å². The van der Waals surface area contributed by atoms with Crippen LogP contribution in [0.15, 0.2) is 23.3 Å². The van der Waals surface area contributed by atoms with E-state index in [1.807, 2.05) is 0 Å². The molecule has 0 aromatic carbocycles. The molecule has 1 aromatic heterocycles. The molecular weight excluding hydrogens is 180 g/mol. The lowest BCUT2D eigenvalue weighted by molar-refractivity contribution is 0.100. The van der Waals surface area contributed by atoms with E-state index in [0.29, 0.717) is 0 Å². The van der Waals surface area contributed by atoms with Gasteiger partial charge in [0, 0.05) is 11.8 Å². The molecule has 0 radical (unpaired) electrons. The number of carbonyl (C=O) groups excluding carboxylic acids is 2. The van der Waals surface area contributed by atoms with Crippen LogP contribution in [0.1, 0.15) is 10.4 Å². The van der Waals surface area contributed by atoms with E-state index in [9.17, 15) is 9.59 Å². The van der Waals surface area contributed by atoms with Crippen LogP contribution in [0.25, 0.3) is 0 Å². The van der Waals surface area contributed by atoms with Crippen LogP contribution in [-0.4, -0.2) is 17.0 Å². The minimum atomic E-state index is -0.672. The first-order chi connectivity index (χ1) is 5.74. The molecule has 1 amide bonds. The molecule has 0 atom stereocenters. The molecule has 0 bridgehead atoms. The quantitative estimate of drug-likeness (QED) is 0.373. The van der Waals surface area contributed by atoms with Gasteiger partial charge in [0.25, 0.3) is 5.91 Å². The van der Waals surface area contributed by atoms with E-state index in [0.717, 1.165) is 6.08 Å². The maximum atomic E-state index is 10.9. The number of hydrogen-bond donors (Lipinski definition) is 0. The van der Waals surface area contributed by atoms with E-state index < -0.39 is 5.91 Å². The number of aromatic nitrogens is 1. The van der Waals surface area contributed by atoms with E-state index >= 15 is 0 Å². The number of aliphatic imine (C=N–C) groups is 1. The summed E-state index contributed by atoms with van der Waals surface area (Å²) >= 11 is 5.49. The number of rotatable bonds is 1. The van der Waals surface area contributed by atoms with Crippen molar-refractivity contribution in [3.8, 4) is 0 Å². The first-order valence-electron chi connectivity index (χ1n) is 2.98. The van der Waals surface area contributed by atoms with E-state index in [-0.39, 0.29) is 10.7 Å². The van der Waals surface area contributed by atoms with Crippen LogP contribution in [0.4, 0.5) is 0 Å². The standard InChI is InChI=1S/C7H3ClN2O2/c8-6-3-5(1-2-9-6)7(12)10-4-11/h1-3H. The van der Waals surface area contributed by atoms with E-state index in [2.05, 4.69) is 9.98 Å². The molecule has 0 N–H and O–H groups in total. The van der Waals surface area contributed by atoms with E-state index in [1.165, 1.54) is 18.3 Å². The second-order valence-electron chi connectivity index (χ2n) is 1.88. The highest BCUT2D eigenvalue weighted by Crippen LogP contribution is 2.07. The lowest BCUT2D eigenvalue weighted by atomic mass is 10.3. The highest BCUT2D eigenvalue weighted by Gasteiger charge is 2.03. The van der Waals surface area contributed by atoms with Crippen molar-refractivity contribution in [1.29, 1.82) is 0 Å². The minimum Gasteiger partial charge on any atom is -0.266 e. The molecule has 0 aliphatic heterocycles. The summed E-state index contributed by atoms with van der Waals surface area (Å²) in [6, 6.07) is 2.74. The van der Waals surface area contributed by atoms with Crippen LogP contribution in [0.5, 0.6) is 0 Å². The Kier molecular flexibility index (Phi) is 2.69. The lowest BCUT2D eigenvalue weighted by Gasteiger charge is -1.92. The Morgan fingerprint density at radius 1 is 1.67 bits per heavy atom. The van der Waals surface area contributed by atoms with Crippen molar-refractivity contribution in [2.75, 3.05) is 0 Å². The summed E-state index contributed by atoms with van der Waals surface area (Å²) in [5.74, 6) is -0.672. The highest BCUT2D eigenvalue weighted by atomic mass is 35.5. The maximum absolute atomic E-state index is 10.9. The zero-order valence-corrected chi connectivity index (χ0v) is 6.58. The maximum Gasteiger partial charge on any atom is 0.287 e. The van der Waals surface area contributed by atoms with Crippen LogP contribution in [0.3, 0.4) is 0 Å². The number of amides is 1. The van der Waals surface area contributed by atoms with Crippen LogP contribution in [-0.2, 0) is 4.79 Å². The monoisotopic (exact) mass is 182 g/mol. The fourth-order valence-corrected chi connectivity index (χ4v) is 0.815. The lowest BCUT2D eigenvalue weighted by Crippen LogP contribution is -1.94. The van der Waals surface area contributed by atoms with Gasteiger partial charge in [-0.15, -0.1) is 4.99 Å². The Hall–Kier alpha value is -1.51. The van der Waals surface area contributed by atoms with Crippen molar-refractivity contribution in [2.24, 2.45) is 4.99 Å². The molecule has 4 nitrogen and oxygen atoms in total. The molecular formula is C7H3ClN2O2. The van der Waals surface area contributed by atoms with Gasteiger partial charge in [-0.3, -0.25) is 4.79 Å². The summed E-state index contributed by atoms with van der Waals surface area (Å²) in [6.07, 6.45) is 2.50. The zero-order valence-electron chi connectivity index (χ0n) is 5.82. The van der Waals surface area contributed by atoms with Crippen LogP contribution < -0.4 is 0 Å². The van der Waals surface area contributed by atoms with Crippen molar-refractivity contribution in [3.63, 3.8) is 0 Å². The normalized spacial score (nSPS) is 8.75. The molecule has 60 valence electrons. The van der Waals surface area contributed by atoms with Gasteiger partial charge in [0.05, 0.1) is 0 Å². The van der Waals surface area contributed by atoms with Crippen molar-refractivity contribution >= 4 is 23.6 Å². The first kappa shape index (κ1) is 8.59. The Labute approximate surface area is 72.9 Å². The molecule has 0 unspecified atom stereocenters. The highest BCUT2D eigenvalue weighted by molar-refractivity contribution is 6.29. The topological polar surface area (TPSA) is 59.4 Å². The molecule has 0 aliphatic carbocycles. The van der Waals surface area contributed by atoms with Gasteiger partial charge in [-0.25, -0.2) is 9.78 Å². The third-order valence-electron chi connectivity index (χ3n) is 1.12. The van der Waals surface area contributed by atoms with E-state index in [4.69, 9.17) is 11.6 Å². The van der Waals surface area contributed by atoms with Gasteiger partial charge in [0.2, 0.25) is 6.08 Å². The SMILES string of the molecule is O=C=NC(=O)c1ccnc(Cl)c1. The van der Waals surface area contributed by atoms with Crippen molar-refractivity contribution in [3.05, 3.63) is 29.0 Å². The molecule has 1 heterocycles. The largest absolute Gasteiger partial charge is 0.287 e. The summed E-state index contributed by atoms with van der Waals surface area (Å²) in [5, 5.41) is 0.182. The van der Waals surface area contributed by atoms with Gasteiger partial charge in [0.15, 0.2) is 0 Å². The average Bonchev–Trinajstić information content (AvgIpc) is 2.05. The van der Waals surface area contributed by atoms with Crippen LogP contribution >= 0.6 is 11.6 Å². The predicted molar refractivity (Wildman–Crippen MR) is 41.7 cm³/mol. The van der Waals surface area contributed by atoms with Crippen LogP contribution in [0, 0.1) is 0 Å². The molecule has 1 aromatic rings. The number of halogens is 1. The van der Waals surface area contributed by atoms with Crippen molar-refractivity contribution < 1.29 is 9.59 Å². The molecule has 1 rings (SSSR count). The van der Waals surface area contributed by atoms with Gasteiger partial charge in [-0.1, -0.05) is 11.6 Å². The van der Waals surface area contributed by atoms with Gasteiger partial charge >= 0.3 is 0 Å². The summed E-state index contributed by atoms with van der Waals surface area (Å²) in [7, 11) is 0. The number of isocyanates is 1. The van der Waals surface area contributed by atoms with Crippen LogP contribution in [0.2, 0.25) is 5.15 Å². The molecule has 5 heteroatoms. The fourth-order valence-electron chi connectivity index (χ4n) is 0.642. The predicted octanol–water partition coefficient (Wildman–Crippen LogP) is 1.21. The number of nitrogens with zero attached hydrogens (tertiary/aromatic N) is 2. The van der Waals surface area contributed by atoms with Crippen molar-refractivity contribution in [1.82, 2.24) is 4.98 Å². The molecule has 0 spiro atoms. The Morgan fingerprint density at radius 2 is 2.42 bits per heavy atom. The summed E-state index contributed by atoms with van der Waals surface area (Å²) in [4.78, 5) is 27.2. The molecule has 0 aliphatic rings. The Bertz CT molecular complexity index is 358. The zero-order chi connectivity index (χ0) is 8.97. The van der Waals surface area contributed by atoms with E-state index in [1.54, 1.807) is 0 Å². The first-order valence-corrected chi connectivity index (χ1v) is 3.35. The Balaban J connectivity index is 3.03. The third kappa shape index (κ3) is 1.99. The van der Waals surface area contributed by atoms with Gasteiger partial charge in [0.1, 0.15) is 5.15 Å². The van der Waals surface area contributed by atoms with Gasteiger partial charge < -0.3 is 0 Å². The smallest absolute Gasteiger partial charge is 0.266 e. The Morgan fingerprint density at radius 3 is 3.00 bits per heavy atom. The summed E-state index contributed by atoms with van der Waals surface area (Å²) in [6.45, 7) is 0. The average molecular weight is 183 g/mol. The van der Waals surface area contributed by atoms with Gasteiger partial charge in [-0.2, -0.15) is 0 Å². The summed E-state index contributed by atoms with van der Waals surface area (Å²) in [5.41, 5.74) is 0.221. The number of carbonyl (C=O) groups is 1. The summed E-state index contributed by atoms with van der Waals surface area (Å²) < 4.78 is 0. The second kappa shape index (κ2) is 3.76.